The third-order valence-electron chi connectivity index (χ3n) is 3.33. The van der Waals surface area contributed by atoms with Gasteiger partial charge in [-0.1, -0.05) is 34.1 Å². The highest BCUT2D eigenvalue weighted by atomic mass is 32.1. The molecule has 0 aliphatic heterocycles. The summed E-state index contributed by atoms with van der Waals surface area (Å²) < 4.78 is 5.27. The van der Waals surface area contributed by atoms with Crippen LogP contribution in [0.5, 0.6) is 0 Å². The van der Waals surface area contributed by atoms with Crippen molar-refractivity contribution in [2.24, 2.45) is 5.92 Å². The highest BCUT2D eigenvalue weighted by Crippen LogP contribution is 2.27. The molecule has 20 heavy (non-hydrogen) atoms. The topological polar surface area (TPSA) is 37.4 Å². The predicted molar refractivity (Wildman–Crippen MR) is 87.5 cm³/mol. The highest BCUT2D eigenvalue weighted by Gasteiger charge is 2.15. The standard InChI is InChI=1S/C15H29N3OS/c1-7-12(4)9-18(5)15-17-13(10-19-6)14(20-15)8-16-11(2)3/h11-12,16H,7-10H2,1-6H3. The van der Waals surface area contributed by atoms with E-state index in [-0.39, 0.29) is 0 Å². The van der Waals surface area contributed by atoms with Crippen LogP contribution in [0, 0.1) is 5.92 Å². The van der Waals surface area contributed by atoms with E-state index in [4.69, 9.17) is 9.72 Å². The van der Waals surface area contributed by atoms with E-state index in [9.17, 15) is 0 Å². The molecule has 5 heteroatoms. The quantitative estimate of drug-likeness (QED) is 0.759. The van der Waals surface area contributed by atoms with Crippen molar-refractivity contribution in [3.05, 3.63) is 10.6 Å². The van der Waals surface area contributed by atoms with Crippen LogP contribution >= 0.6 is 11.3 Å². The summed E-state index contributed by atoms with van der Waals surface area (Å²) in [5.74, 6) is 0.687. The van der Waals surface area contributed by atoms with Crippen molar-refractivity contribution in [1.29, 1.82) is 0 Å². The molecular formula is C15H29N3OS. The second-order valence-electron chi connectivity index (χ2n) is 5.73. The number of hydrogen-bond donors (Lipinski definition) is 1. The first-order valence-corrected chi connectivity index (χ1v) is 8.21. The van der Waals surface area contributed by atoms with Crippen molar-refractivity contribution >= 4 is 16.5 Å². The Morgan fingerprint density at radius 2 is 2.05 bits per heavy atom. The molecule has 0 aliphatic rings. The monoisotopic (exact) mass is 299 g/mol. The Bertz CT molecular complexity index is 392. The molecular weight excluding hydrogens is 270 g/mol. The van der Waals surface area contributed by atoms with Crippen LogP contribution in [0.1, 0.15) is 44.7 Å². The van der Waals surface area contributed by atoms with Gasteiger partial charge in [-0.05, 0) is 5.92 Å². The molecule has 1 aromatic heterocycles. The maximum Gasteiger partial charge on any atom is 0.185 e. The number of aromatic nitrogens is 1. The molecule has 0 bridgehead atoms. The largest absolute Gasteiger partial charge is 0.378 e. The number of ether oxygens (including phenoxy) is 1. The minimum atomic E-state index is 0.480. The van der Waals surface area contributed by atoms with Crippen LogP contribution in [0.25, 0.3) is 0 Å². The summed E-state index contributed by atoms with van der Waals surface area (Å²) in [4.78, 5) is 8.29. The molecule has 0 saturated heterocycles. The van der Waals surface area contributed by atoms with Crippen LogP contribution in [0.15, 0.2) is 0 Å². The average Bonchev–Trinajstić information content (AvgIpc) is 2.80. The number of methoxy groups -OCH3 is 1. The van der Waals surface area contributed by atoms with E-state index in [2.05, 4.69) is 45.0 Å². The molecule has 116 valence electrons. The summed E-state index contributed by atoms with van der Waals surface area (Å²) in [5, 5.41) is 4.56. The molecule has 4 nitrogen and oxygen atoms in total. The van der Waals surface area contributed by atoms with E-state index >= 15 is 0 Å². The number of thiazole rings is 1. The lowest BCUT2D eigenvalue weighted by molar-refractivity contribution is 0.181. The minimum Gasteiger partial charge on any atom is -0.378 e. The first-order chi connectivity index (χ1) is 9.47. The zero-order chi connectivity index (χ0) is 15.1. The number of anilines is 1. The van der Waals surface area contributed by atoms with Gasteiger partial charge in [-0.15, -0.1) is 11.3 Å². The van der Waals surface area contributed by atoms with Crippen molar-refractivity contribution in [2.75, 3.05) is 25.6 Å². The van der Waals surface area contributed by atoms with Crippen LogP contribution in [-0.2, 0) is 17.9 Å². The summed E-state index contributed by atoms with van der Waals surface area (Å²) in [5.41, 5.74) is 1.07. The Morgan fingerprint density at radius 3 is 2.60 bits per heavy atom. The summed E-state index contributed by atoms with van der Waals surface area (Å²) in [6.07, 6.45) is 1.20. The van der Waals surface area contributed by atoms with Crippen LogP contribution in [0.2, 0.25) is 0 Å². The van der Waals surface area contributed by atoms with E-state index in [1.54, 1.807) is 18.4 Å². The number of nitrogens with zero attached hydrogens (tertiary/aromatic N) is 2. The summed E-state index contributed by atoms with van der Waals surface area (Å²) in [6.45, 7) is 11.3. The van der Waals surface area contributed by atoms with Gasteiger partial charge in [0, 0.05) is 38.2 Å². The molecule has 0 spiro atoms. The van der Waals surface area contributed by atoms with Crippen molar-refractivity contribution in [3.8, 4) is 0 Å². The Morgan fingerprint density at radius 1 is 1.35 bits per heavy atom. The first kappa shape index (κ1) is 17.4. The lowest BCUT2D eigenvalue weighted by Gasteiger charge is -2.19. The lowest BCUT2D eigenvalue weighted by Crippen LogP contribution is -2.23. The molecule has 1 heterocycles. The molecule has 1 rings (SSSR count). The second-order valence-corrected chi connectivity index (χ2v) is 6.79. The summed E-state index contributed by atoms with van der Waals surface area (Å²) >= 11 is 1.77. The number of hydrogen-bond acceptors (Lipinski definition) is 5. The first-order valence-electron chi connectivity index (χ1n) is 7.39. The third-order valence-corrected chi connectivity index (χ3v) is 4.54. The van der Waals surface area contributed by atoms with Gasteiger partial charge in [0.25, 0.3) is 0 Å². The molecule has 0 aliphatic carbocycles. The van der Waals surface area contributed by atoms with E-state index in [1.165, 1.54) is 11.3 Å². The van der Waals surface area contributed by atoms with E-state index in [0.717, 1.165) is 23.9 Å². The highest BCUT2D eigenvalue weighted by molar-refractivity contribution is 7.15. The van der Waals surface area contributed by atoms with Crippen LogP contribution in [0.4, 0.5) is 5.13 Å². The zero-order valence-corrected chi connectivity index (χ0v) is 14.5. The zero-order valence-electron chi connectivity index (χ0n) is 13.7. The van der Waals surface area contributed by atoms with Gasteiger partial charge in [-0.3, -0.25) is 0 Å². The van der Waals surface area contributed by atoms with Gasteiger partial charge < -0.3 is 15.0 Å². The number of nitrogens with one attached hydrogen (secondary N) is 1. The maximum atomic E-state index is 5.27. The van der Waals surface area contributed by atoms with E-state index < -0.39 is 0 Å². The van der Waals surface area contributed by atoms with Gasteiger partial charge in [-0.25, -0.2) is 4.98 Å². The fourth-order valence-corrected chi connectivity index (χ4v) is 2.88. The molecule has 0 saturated carbocycles. The van der Waals surface area contributed by atoms with Crippen molar-refractivity contribution < 1.29 is 4.74 Å². The SMILES string of the molecule is CCC(C)CN(C)c1nc(COC)c(CNC(C)C)s1. The maximum absolute atomic E-state index is 5.27. The Labute approximate surface area is 127 Å². The fraction of sp³-hybridized carbons (Fsp3) is 0.800. The fourth-order valence-electron chi connectivity index (χ4n) is 1.89. The van der Waals surface area contributed by atoms with Crippen LogP contribution in [-0.4, -0.2) is 31.7 Å². The third kappa shape index (κ3) is 5.38. The van der Waals surface area contributed by atoms with Gasteiger partial charge in [0.1, 0.15) is 0 Å². The minimum absolute atomic E-state index is 0.480. The lowest BCUT2D eigenvalue weighted by atomic mass is 10.1. The second kappa shape index (κ2) is 8.60. The molecule has 1 atom stereocenters. The molecule has 0 amide bonds. The Hall–Kier alpha value is -0.650. The van der Waals surface area contributed by atoms with Crippen molar-refractivity contribution in [1.82, 2.24) is 10.3 Å². The van der Waals surface area contributed by atoms with E-state index in [0.29, 0.717) is 18.6 Å². The van der Waals surface area contributed by atoms with Crippen molar-refractivity contribution in [2.45, 2.75) is 53.3 Å². The summed E-state index contributed by atoms with van der Waals surface area (Å²) in [6, 6.07) is 0.480. The molecule has 0 radical (unpaired) electrons. The summed E-state index contributed by atoms with van der Waals surface area (Å²) in [7, 11) is 3.85. The van der Waals surface area contributed by atoms with Gasteiger partial charge >= 0.3 is 0 Å². The molecule has 1 N–H and O–H groups in total. The Kier molecular flexibility index (Phi) is 7.48. The number of rotatable bonds is 9. The Balaban J connectivity index is 2.78. The average molecular weight is 299 g/mol. The molecule has 0 aromatic carbocycles. The van der Waals surface area contributed by atoms with Gasteiger partial charge in [0.2, 0.25) is 0 Å². The molecule has 1 aromatic rings. The predicted octanol–water partition coefficient (Wildman–Crippen LogP) is 3.27. The van der Waals surface area contributed by atoms with Crippen LogP contribution in [0.3, 0.4) is 0 Å². The van der Waals surface area contributed by atoms with E-state index in [1.807, 2.05) is 0 Å². The van der Waals surface area contributed by atoms with Crippen LogP contribution < -0.4 is 10.2 Å². The van der Waals surface area contributed by atoms with Gasteiger partial charge in [0.05, 0.1) is 12.3 Å². The molecule has 0 fully saturated rings. The smallest absolute Gasteiger partial charge is 0.185 e. The molecule has 1 unspecified atom stereocenters. The van der Waals surface area contributed by atoms with Crippen molar-refractivity contribution in [3.63, 3.8) is 0 Å². The van der Waals surface area contributed by atoms with Gasteiger partial charge in [-0.2, -0.15) is 0 Å². The van der Waals surface area contributed by atoms with Gasteiger partial charge in [0.15, 0.2) is 5.13 Å². The normalized spacial score (nSPS) is 12.9.